The van der Waals surface area contributed by atoms with Crippen LogP contribution in [0.5, 0.6) is 0 Å². The summed E-state index contributed by atoms with van der Waals surface area (Å²) in [6.07, 6.45) is 6.74. The molecule has 0 atom stereocenters. The predicted molar refractivity (Wildman–Crippen MR) is 51.3 cm³/mol. The van der Waals surface area contributed by atoms with Gasteiger partial charge in [-0.1, -0.05) is 47.5 Å². The van der Waals surface area contributed by atoms with Crippen molar-refractivity contribution in [2.75, 3.05) is 0 Å². The first kappa shape index (κ1) is 9.96. The molecule has 0 bridgehead atoms. The molecule has 0 aromatic rings. The van der Waals surface area contributed by atoms with Gasteiger partial charge in [0.1, 0.15) is 0 Å². The van der Waals surface area contributed by atoms with E-state index in [4.69, 9.17) is 0 Å². The average molecular weight is 203 g/mol. The summed E-state index contributed by atoms with van der Waals surface area (Å²) in [6.45, 7) is 6.16. The molecule has 0 N–H and O–H groups in total. The summed E-state index contributed by atoms with van der Waals surface area (Å²) in [5, 5.41) is 0. The molecule has 1 rings (SSSR count). The van der Waals surface area contributed by atoms with Crippen molar-refractivity contribution in [3.05, 3.63) is 22.2 Å². The van der Waals surface area contributed by atoms with Crippen LogP contribution in [0.2, 0.25) is 0 Å². The number of allylic oxidation sites excluding steroid dienone is 4. The molecule has 1 aliphatic rings. The van der Waals surface area contributed by atoms with E-state index in [1.165, 1.54) is 22.9 Å². The van der Waals surface area contributed by atoms with Gasteiger partial charge in [-0.2, -0.15) is 0 Å². The van der Waals surface area contributed by atoms with Crippen LogP contribution in [0.4, 0.5) is 0 Å². The third-order valence-corrected chi connectivity index (χ3v) is 2.30. The summed E-state index contributed by atoms with van der Waals surface area (Å²) in [7, 11) is 0. The van der Waals surface area contributed by atoms with Crippen molar-refractivity contribution in [1.29, 1.82) is 0 Å². The largest absolute Gasteiger partial charge is 0.0831 e. The van der Waals surface area contributed by atoms with Gasteiger partial charge in [0, 0.05) is 4.48 Å². The molecule has 0 amide bonds. The maximum atomic E-state index is 3.45. The van der Waals surface area contributed by atoms with E-state index < -0.39 is 0 Å². The van der Waals surface area contributed by atoms with Gasteiger partial charge in [-0.05, 0) is 19.8 Å². The van der Waals surface area contributed by atoms with E-state index in [1.807, 2.05) is 13.8 Å². The van der Waals surface area contributed by atoms with Gasteiger partial charge in [0.2, 0.25) is 0 Å². The van der Waals surface area contributed by atoms with Crippen molar-refractivity contribution in [1.82, 2.24) is 0 Å². The molecular weight excluding hydrogens is 188 g/mol. The molecule has 0 aromatic carbocycles. The van der Waals surface area contributed by atoms with Crippen LogP contribution in [0, 0.1) is 0 Å². The Hall–Kier alpha value is -0.0400. The summed E-state index contributed by atoms with van der Waals surface area (Å²) in [5.74, 6) is 0. The fourth-order valence-electron chi connectivity index (χ4n) is 0.748. The molecule has 0 saturated heterocycles. The zero-order valence-electron chi connectivity index (χ0n) is 6.95. The molecular formula is C9H15Br. The highest BCUT2D eigenvalue weighted by molar-refractivity contribution is 9.11. The minimum atomic E-state index is 1.21. The molecule has 0 nitrogen and oxygen atoms in total. The van der Waals surface area contributed by atoms with Crippen LogP contribution >= 0.6 is 15.9 Å². The van der Waals surface area contributed by atoms with Gasteiger partial charge in [-0.3, -0.25) is 0 Å². The average Bonchev–Trinajstić information content (AvgIpc) is 2.00. The minimum Gasteiger partial charge on any atom is -0.0831 e. The van der Waals surface area contributed by atoms with Crippen LogP contribution in [0.1, 0.15) is 33.6 Å². The van der Waals surface area contributed by atoms with Crippen molar-refractivity contribution in [3.8, 4) is 0 Å². The Morgan fingerprint density at radius 2 is 2.00 bits per heavy atom. The van der Waals surface area contributed by atoms with E-state index in [2.05, 4.69) is 35.0 Å². The highest BCUT2D eigenvalue weighted by atomic mass is 79.9. The first-order chi connectivity index (χ1) is 4.80. The van der Waals surface area contributed by atoms with Gasteiger partial charge in [0.25, 0.3) is 0 Å². The van der Waals surface area contributed by atoms with E-state index in [9.17, 15) is 0 Å². The van der Waals surface area contributed by atoms with E-state index in [-0.39, 0.29) is 0 Å². The predicted octanol–water partition coefficient (Wildman–Crippen LogP) is 4.03. The maximum absolute atomic E-state index is 3.45. The van der Waals surface area contributed by atoms with Gasteiger partial charge in [-0.25, -0.2) is 0 Å². The molecule has 1 aliphatic carbocycles. The second-order valence-electron chi connectivity index (χ2n) is 2.07. The second kappa shape index (κ2) is 5.72. The topological polar surface area (TPSA) is 0 Å². The number of halogens is 1. The number of rotatable bonds is 0. The van der Waals surface area contributed by atoms with E-state index in [0.717, 1.165) is 0 Å². The van der Waals surface area contributed by atoms with Crippen molar-refractivity contribution in [2.24, 2.45) is 0 Å². The summed E-state index contributed by atoms with van der Waals surface area (Å²) >= 11 is 3.45. The zero-order valence-corrected chi connectivity index (χ0v) is 8.53. The summed E-state index contributed by atoms with van der Waals surface area (Å²) in [4.78, 5) is 0. The Morgan fingerprint density at radius 3 is 2.30 bits per heavy atom. The quantitative estimate of drug-likeness (QED) is 0.557. The lowest BCUT2D eigenvalue weighted by molar-refractivity contribution is 0.958. The highest BCUT2D eigenvalue weighted by Crippen LogP contribution is 2.22. The smallest absolute Gasteiger partial charge is 0.0161 e. The Balaban J connectivity index is 0.000000371. The Bertz CT molecular complexity index is 143. The van der Waals surface area contributed by atoms with Crippen molar-refractivity contribution in [3.63, 3.8) is 0 Å². The lowest BCUT2D eigenvalue weighted by Gasteiger charge is -2.04. The first-order valence-electron chi connectivity index (χ1n) is 3.82. The Kier molecular flexibility index (Phi) is 5.70. The molecule has 10 heavy (non-hydrogen) atoms. The summed E-state index contributed by atoms with van der Waals surface area (Å²) in [6, 6.07) is 0. The van der Waals surface area contributed by atoms with Crippen LogP contribution in [0.3, 0.4) is 0 Å². The van der Waals surface area contributed by atoms with Gasteiger partial charge < -0.3 is 0 Å². The van der Waals surface area contributed by atoms with Gasteiger partial charge in [-0.15, -0.1) is 0 Å². The highest BCUT2D eigenvalue weighted by Gasteiger charge is 1.97. The van der Waals surface area contributed by atoms with E-state index in [1.54, 1.807) is 0 Å². The maximum Gasteiger partial charge on any atom is 0.0161 e. The van der Waals surface area contributed by atoms with Crippen LogP contribution in [0.15, 0.2) is 22.2 Å². The van der Waals surface area contributed by atoms with Crippen LogP contribution in [-0.4, -0.2) is 0 Å². The molecule has 0 aromatic heterocycles. The first-order valence-corrected chi connectivity index (χ1v) is 4.62. The number of hydrogen-bond acceptors (Lipinski definition) is 0. The Morgan fingerprint density at radius 1 is 1.40 bits per heavy atom. The number of hydrogen-bond donors (Lipinski definition) is 0. The van der Waals surface area contributed by atoms with Crippen molar-refractivity contribution in [2.45, 2.75) is 33.6 Å². The molecule has 1 heteroatoms. The molecule has 0 radical (unpaired) electrons. The van der Waals surface area contributed by atoms with Gasteiger partial charge in [0.05, 0.1) is 0 Å². The van der Waals surface area contributed by atoms with Crippen LogP contribution in [0.25, 0.3) is 0 Å². The molecule has 0 saturated carbocycles. The second-order valence-corrected chi connectivity index (χ2v) is 2.92. The van der Waals surface area contributed by atoms with Crippen molar-refractivity contribution < 1.29 is 0 Å². The molecule has 0 unspecified atom stereocenters. The lowest BCUT2D eigenvalue weighted by Crippen LogP contribution is -1.83. The molecule has 0 spiro atoms. The normalized spacial score (nSPS) is 16.4. The SMILES string of the molecule is CC.CC1=C(Br)C=CCC1. The lowest BCUT2D eigenvalue weighted by atomic mass is 10.1. The summed E-state index contributed by atoms with van der Waals surface area (Å²) < 4.78 is 1.27. The fraction of sp³-hybridized carbons (Fsp3) is 0.556. The monoisotopic (exact) mass is 202 g/mol. The third-order valence-electron chi connectivity index (χ3n) is 1.36. The molecule has 0 heterocycles. The standard InChI is InChI=1S/C7H9Br.C2H6/c1-6-4-2-3-5-7(6)8;1-2/h3,5H,2,4H2,1H3;1-2H3. The molecule has 0 aliphatic heterocycles. The van der Waals surface area contributed by atoms with Gasteiger partial charge >= 0.3 is 0 Å². The molecule has 0 fully saturated rings. The van der Waals surface area contributed by atoms with E-state index in [0.29, 0.717) is 0 Å². The zero-order chi connectivity index (χ0) is 7.98. The van der Waals surface area contributed by atoms with Crippen LogP contribution < -0.4 is 0 Å². The van der Waals surface area contributed by atoms with Crippen molar-refractivity contribution >= 4 is 15.9 Å². The van der Waals surface area contributed by atoms with Crippen LogP contribution in [-0.2, 0) is 0 Å². The minimum absolute atomic E-state index is 1.21. The third kappa shape index (κ3) is 3.21. The summed E-state index contributed by atoms with van der Waals surface area (Å²) in [5.41, 5.74) is 1.47. The van der Waals surface area contributed by atoms with Gasteiger partial charge in [0.15, 0.2) is 0 Å². The van der Waals surface area contributed by atoms with E-state index >= 15 is 0 Å². The fourth-order valence-corrected chi connectivity index (χ4v) is 1.13. The molecule has 58 valence electrons. The Labute approximate surface area is 72.1 Å².